The summed E-state index contributed by atoms with van der Waals surface area (Å²) in [4.78, 5) is 15.6. The van der Waals surface area contributed by atoms with E-state index in [1.165, 1.54) is 6.20 Å². The third kappa shape index (κ3) is 4.49. The standard InChI is InChI=1S/C11H17N3O.ClH/c1-11(2,3)7-14-10(15)8-6-13-5-4-9(8)12;/h4-6H,7H2,1-3H3,(H2,12,13)(H,14,15);1H. The number of rotatable bonds is 2. The molecule has 0 saturated carbocycles. The van der Waals surface area contributed by atoms with Crippen LogP contribution in [0.5, 0.6) is 0 Å². The van der Waals surface area contributed by atoms with E-state index in [-0.39, 0.29) is 23.7 Å². The number of nitrogens with zero attached hydrogens (tertiary/aromatic N) is 1. The SMILES string of the molecule is CC(C)(C)CNC(=O)c1cnccc1N.Cl. The Morgan fingerprint density at radius 2 is 2.12 bits per heavy atom. The van der Waals surface area contributed by atoms with Crippen LogP contribution >= 0.6 is 12.4 Å². The highest BCUT2D eigenvalue weighted by Crippen LogP contribution is 2.12. The van der Waals surface area contributed by atoms with E-state index in [0.717, 1.165) is 0 Å². The number of aromatic nitrogens is 1. The fourth-order valence-corrected chi connectivity index (χ4v) is 1.04. The Morgan fingerprint density at radius 3 is 2.62 bits per heavy atom. The monoisotopic (exact) mass is 243 g/mol. The van der Waals surface area contributed by atoms with Crippen molar-refractivity contribution in [2.24, 2.45) is 5.41 Å². The van der Waals surface area contributed by atoms with Crippen LogP contribution in [0, 0.1) is 5.41 Å². The van der Waals surface area contributed by atoms with Crippen LogP contribution in [-0.2, 0) is 0 Å². The van der Waals surface area contributed by atoms with Gasteiger partial charge in [-0.25, -0.2) is 0 Å². The fraction of sp³-hybridized carbons (Fsp3) is 0.455. The Balaban J connectivity index is 0.00000225. The van der Waals surface area contributed by atoms with Crippen molar-refractivity contribution in [2.75, 3.05) is 12.3 Å². The Morgan fingerprint density at radius 1 is 1.50 bits per heavy atom. The molecular formula is C11H18ClN3O. The van der Waals surface area contributed by atoms with Crippen LogP contribution in [0.1, 0.15) is 31.1 Å². The smallest absolute Gasteiger partial charge is 0.254 e. The third-order valence-corrected chi connectivity index (χ3v) is 1.88. The molecule has 1 aromatic heterocycles. The molecular weight excluding hydrogens is 226 g/mol. The summed E-state index contributed by atoms with van der Waals surface area (Å²) >= 11 is 0. The number of pyridine rings is 1. The molecule has 0 unspecified atom stereocenters. The van der Waals surface area contributed by atoms with Crippen molar-refractivity contribution in [1.29, 1.82) is 0 Å². The summed E-state index contributed by atoms with van der Waals surface area (Å²) in [5.74, 6) is -0.171. The van der Waals surface area contributed by atoms with Gasteiger partial charge in [0.05, 0.1) is 5.56 Å². The number of carbonyl (C=O) groups excluding carboxylic acids is 1. The highest BCUT2D eigenvalue weighted by atomic mass is 35.5. The number of halogens is 1. The summed E-state index contributed by atoms with van der Waals surface area (Å²) in [5, 5.41) is 2.82. The molecule has 0 fully saturated rings. The lowest BCUT2D eigenvalue weighted by atomic mass is 9.97. The highest BCUT2D eigenvalue weighted by Gasteiger charge is 2.14. The fourth-order valence-electron chi connectivity index (χ4n) is 1.04. The second-order valence-corrected chi connectivity index (χ2v) is 4.71. The van der Waals surface area contributed by atoms with E-state index in [9.17, 15) is 4.79 Å². The van der Waals surface area contributed by atoms with Crippen molar-refractivity contribution >= 4 is 24.0 Å². The molecule has 16 heavy (non-hydrogen) atoms. The molecule has 1 aromatic rings. The topological polar surface area (TPSA) is 68.0 Å². The molecule has 0 bridgehead atoms. The number of anilines is 1. The van der Waals surface area contributed by atoms with Gasteiger partial charge in [-0.15, -0.1) is 12.4 Å². The number of carbonyl (C=O) groups is 1. The van der Waals surface area contributed by atoms with Crippen molar-refractivity contribution in [3.63, 3.8) is 0 Å². The van der Waals surface area contributed by atoms with Crippen LogP contribution in [0.25, 0.3) is 0 Å². The molecule has 0 saturated heterocycles. The average Bonchev–Trinajstić information content (AvgIpc) is 2.14. The molecule has 0 aliphatic rings. The molecule has 0 radical (unpaired) electrons. The summed E-state index contributed by atoms with van der Waals surface area (Å²) in [7, 11) is 0. The largest absolute Gasteiger partial charge is 0.398 e. The number of nitrogens with two attached hydrogens (primary N) is 1. The maximum Gasteiger partial charge on any atom is 0.254 e. The van der Waals surface area contributed by atoms with E-state index in [4.69, 9.17) is 5.73 Å². The maximum atomic E-state index is 11.7. The van der Waals surface area contributed by atoms with Crippen LogP contribution in [0.4, 0.5) is 5.69 Å². The minimum atomic E-state index is -0.171. The molecule has 1 rings (SSSR count). The lowest BCUT2D eigenvalue weighted by molar-refractivity contribution is 0.0940. The van der Waals surface area contributed by atoms with Crippen molar-refractivity contribution in [2.45, 2.75) is 20.8 Å². The lowest BCUT2D eigenvalue weighted by Gasteiger charge is -2.18. The zero-order chi connectivity index (χ0) is 11.5. The van der Waals surface area contributed by atoms with E-state index in [1.807, 2.05) is 0 Å². The second-order valence-electron chi connectivity index (χ2n) is 4.71. The molecule has 0 aromatic carbocycles. The van der Waals surface area contributed by atoms with Gasteiger partial charge in [-0.05, 0) is 11.5 Å². The molecule has 5 heteroatoms. The van der Waals surface area contributed by atoms with Crippen LogP contribution in [-0.4, -0.2) is 17.4 Å². The average molecular weight is 244 g/mol. The summed E-state index contributed by atoms with van der Waals surface area (Å²) < 4.78 is 0. The second kappa shape index (κ2) is 5.70. The molecule has 90 valence electrons. The summed E-state index contributed by atoms with van der Waals surface area (Å²) in [5.41, 5.74) is 6.61. The molecule has 4 nitrogen and oxygen atoms in total. The van der Waals surface area contributed by atoms with Gasteiger partial charge in [0, 0.05) is 24.6 Å². The third-order valence-electron chi connectivity index (χ3n) is 1.88. The zero-order valence-electron chi connectivity index (χ0n) is 9.78. The molecule has 3 N–H and O–H groups in total. The van der Waals surface area contributed by atoms with Gasteiger partial charge in [0.1, 0.15) is 0 Å². The van der Waals surface area contributed by atoms with Crippen molar-refractivity contribution in [3.05, 3.63) is 24.0 Å². The van der Waals surface area contributed by atoms with Crippen LogP contribution in [0.2, 0.25) is 0 Å². The number of nitrogens with one attached hydrogen (secondary N) is 1. The van der Waals surface area contributed by atoms with E-state index in [0.29, 0.717) is 17.8 Å². The predicted molar refractivity (Wildman–Crippen MR) is 67.7 cm³/mol. The van der Waals surface area contributed by atoms with Crippen LogP contribution < -0.4 is 11.1 Å². The normalized spacial score (nSPS) is 10.4. The number of hydrogen-bond donors (Lipinski definition) is 2. The molecule has 0 atom stereocenters. The number of amides is 1. The van der Waals surface area contributed by atoms with E-state index in [2.05, 4.69) is 31.1 Å². The van der Waals surface area contributed by atoms with E-state index < -0.39 is 0 Å². The van der Waals surface area contributed by atoms with Crippen molar-refractivity contribution < 1.29 is 4.79 Å². The number of nitrogen functional groups attached to an aromatic ring is 1. The van der Waals surface area contributed by atoms with Gasteiger partial charge in [-0.2, -0.15) is 0 Å². The summed E-state index contributed by atoms with van der Waals surface area (Å²) in [6, 6.07) is 1.62. The number of hydrogen-bond acceptors (Lipinski definition) is 3. The first-order chi connectivity index (χ1) is 6.90. The molecule has 0 spiro atoms. The van der Waals surface area contributed by atoms with Gasteiger partial charge in [0.15, 0.2) is 0 Å². The Bertz CT molecular complexity index is 360. The molecule has 0 aliphatic carbocycles. The van der Waals surface area contributed by atoms with Gasteiger partial charge in [0.25, 0.3) is 5.91 Å². The van der Waals surface area contributed by atoms with Gasteiger partial charge >= 0.3 is 0 Å². The van der Waals surface area contributed by atoms with E-state index >= 15 is 0 Å². The Kier molecular flexibility index (Phi) is 5.24. The van der Waals surface area contributed by atoms with Gasteiger partial charge in [0.2, 0.25) is 0 Å². The molecule has 0 aliphatic heterocycles. The Labute approximate surface area is 102 Å². The molecule has 1 heterocycles. The maximum absolute atomic E-state index is 11.7. The lowest BCUT2D eigenvalue weighted by Crippen LogP contribution is -2.32. The quantitative estimate of drug-likeness (QED) is 0.833. The van der Waals surface area contributed by atoms with Gasteiger partial charge in [-0.1, -0.05) is 20.8 Å². The minimum absolute atomic E-state index is 0. The van der Waals surface area contributed by atoms with Crippen molar-refractivity contribution in [1.82, 2.24) is 10.3 Å². The first kappa shape index (κ1) is 14.7. The summed E-state index contributed by atoms with van der Waals surface area (Å²) in [6.07, 6.45) is 3.04. The predicted octanol–water partition coefficient (Wildman–Crippen LogP) is 1.86. The first-order valence-electron chi connectivity index (χ1n) is 4.88. The van der Waals surface area contributed by atoms with Gasteiger partial charge < -0.3 is 11.1 Å². The van der Waals surface area contributed by atoms with Crippen molar-refractivity contribution in [3.8, 4) is 0 Å². The van der Waals surface area contributed by atoms with Crippen LogP contribution in [0.15, 0.2) is 18.5 Å². The van der Waals surface area contributed by atoms with Gasteiger partial charge in [-0.3, -0.25) is 9.78 Å². The molecule has 1 amide bonds. The Hall–Kier alpha value is -1.29. The highest BCUT2D eigenvalue weighted by molar-refractivity contribution is 5.98. The first-order valence-corrected chi connectivity index (χ1v) is 4.88. The van der Waals surface area contributed by atoms with E-state index in [1.54, 1.807) is 12.3 Å². The summed E-state index contributed by atoms with van der Waals surface area (Å²) in [6.45, 7) is 6.78. The minimum Gasteiger partial charge on any atom is -0.398 e. The van der Waals surface area contributed by atoms with Crippen LogP contribution in [0.3, 0.4) is 0 Å². The zero-order valence-corrected chi connectivity index (χ0v) is 10.6.